The third-order valence-electron chi connectivity index (χ3n) is 7.83. The molecule has 3 amide bonds. The van der Waals surface area contributed by atoms with Crippen LogP contribution in [0.25, 0.3) is 0 Å². The minimum Gasteiger partial charge on any atom is -0.444 e. The van der Waals surface area contributed by atoms with E-state index in [4.69, 9.17) is 16.3 Å². The van der Waals surface area contributed by atoms with Crippen LogP contribution in [0.1, 0.15) is 75.2 Å². The normalized spacial score (nSPS) is 26.2. The first-order valence-electron chi connectivity index (χ1n) is 13.5. The van der Waals surface area contributed by atoms with Crippen LogP contribution in [0.2, 0.25) is 5.02 Å². The molecule has 0 aromatic heterocycles. The number of anilines is 1. The third kappa shape index (κ3) is 6.03. The number of amides is 3. The van der Waals surface area contributed by atoms with E-state index in [-0.39, 0.29) is 47.4 Å². The molecule has 1 aromatic carbocycles. The van der Waals surface area contributed by atoms with E-state index in [0.29, 0.717) is 50.0 Å². The molecule has 0 unspecified atom stereocenters. The molecule has 4 aliphatic rings. The van der Waals surface area contributed by atoms with Gasteiger partial charge in [-0.05, 0) is 77.0 Å². The molecule has 3 saturated heterocycles. The molecule has 0 spiro atoms. The van der Waals surface area contributed by atoms with Gasteiger partial charge in [0.15, 0.2) is 0 Å². The molecule has 1 aromatic rings. The Balaban J connectivity index is 1.17. The van der Waals surface area contributed by atoms with Crippen molar-refractivity contribution < 1.29 is 27.5 Å². The Labute approximate surface area is 234 Å². The summed E-state index contributed by atoms with van der Waals surface area (Å²) in [4.78, 5) is 36.9. The SMILES string of the molecule is CC(C)(C)OC(=O)NC1CCN(S(=O)(=O)N2[C@@H]3CC[C@H]2C[C@H](NC(=O)c2cc4c(cc2Cl)NC(=O)C4)C3)CC1. The van der Waals surface area contributed by atoms with Crippen LogP contribution in [0.4, 0.5) is 10.5 Å². The highest BCUT2D eigenvalue weighted by atomic mass is 35.5. The van der Waals surface area contributed by atoms with Crippen molar-refractivity contribution in [3.05, 3.63) is 28.3 Å². The number of benzene rings is 1. The standard InChI is InChI=1S/C26H36ClN5O6S/c1-26(2,3)38-25(35)29-16-6-8-31(9-7-16)39(36,37)32-18-4-5-19(32)13-17(12-18)28-24(34)20-10-15-11-23(33)30-22(15)14-21(20)27/h10,14,16-19H,4-9,11-13H2,1-3H3,(H,28,34)(H,29,35)(H,30,33)/t17-,18-,19+. The monoisotopic (exact) mass is 581 g/mol. The highest BCUT2D eigenvalue weighted by Crippen LogP contribution is 2.39. The van der Waals surface area contributed by atoms with E-state index in [2.05, 4.69) is 16.0 Å². The van der Waals surface area contributed by atoms with Gasteiger partial charge in [-0.25, -0.2) is 4.79 Å². The maximum absolute atomic E-state index is 13.6. The van der Waals surface area contributed by atoms with Gasteiger partial charge in [0.2, 0.25) is 5.91 Å². The number of nitrogens with one attached hydrogen (secondary N) is 3. The Bertz CT molecular complexity index is 1260. The van der Waals surface area contributed by atoms with Crippen molar-refractivity contribution in [2.45, 2.75) is 95.5 Å². The predicted octanol–water partition coefficient (Wildman–Crippen LogP) is 2.79. The van der Waals surface area contributed by atoms with Crippen LogP contribution in [-0.2, 0) is 26.2 Å². The van der Waals surface area contributed by atoms with E-state index in [1.807, 2.05) is 0 Å². The molecule has 3 atom stereocenters. The minimum atomic E-state index is -3.67. The van der Waals surface area contributed by atoms with Crippen LogP contribution < -0.4 is 16.0 Å². The first-order valence-corrected chi connectivity index (χ1v) is 15.3. The summed E-state index contributed by atoms with van der Waals surface area (Å²) in [5, 5.41) is 8.89. The lowest BCUT2D eigenvalue weighted by Gasteiger charge is -2.42. The molecule has 0 saturated carbocycles. The van der Waals surface area contributed by atoms with E-state index >= 15 is 0 Å². The Hall–Kier alpha value is -2.41. The molecule has 0 radical (unpaired) electrons. The second-order valence-corrected chi connectivity index (χ2v) is 14.1. The number of rotatable bonds is 5. The van der Waals surface area contributed by atoms with Gasteiger partial charge in [-0.2, -0.15) is 17.0 Å². The fourth-order valence-electron chi connectivity index (χ4n) is 6.15. The number of ether oxygens (including phenoxy) is 1. The Morgan fingerprint density at radius 3 is 2.28 bits per heavy atom. The lowest BCUT2D eigenvalue weighted by Crippen LogP contribution is -2.57. The van der Waals surface area contributed by atoms with Gasteiger partial charge >= 0.3 is 6.09 Å². The largest absolute Gasteiger partial charge is 0.444 e. The number of nitrogens with zero attached hydrogens (tertiary/aromatic N) is 2. The highest BCUT2D eigenvalue weighted by Gasteiger charge is 2.49. The van der Waals surface area contributed by atoms with Crippen molar-refractivity contribution in [2.24, 2.45) is 0 Å². The van der Waals surface area contributed by atoms with Gasteiger partial charge < -0.3 is 20.7 Å². The van der Waals surface area contributed by atoms with Crippen molar-refractivity contribution in [2.75, 3.05) is 18.4 Å². The van der Waals surface area contributed by atoms with Gasteiger partial charge in [0.1, 0.15) is 5.60 Å². The van der Waals surface area contributed by atoms with Crippen LogP contribution >= 0.6 is 11.6 Å². The topological polar surface area (TPSA) is 137 Å². The fraction of sp³-hybridized carbons (Fsp3) is 0.654. The molecule has 13 heteroatoms. The predicted molar refractivity (Wildman–Crippen MR) is 146 cm³/mol. The van der Waals surface area contributed by atoms with E-state index in [0.717, 1.165) is 18.4 Å². The summed E-state index contributed by atoms with van der Waals surface area (Å²) in [6, 6.07) is 2.57. The summed E-state index contributed by atoms with van der Waals surface area (Å²) in [6.45, 7) is 6.05. The lowest BCUT2D eigenvalue weighted by molar-refractivity contribution is -0.115. The van der Waals surface area contributed by atoms with Crippen molar-refractivity contribution in [3.63, 3.8) is 0 Å². The van der Waals surface area contributed by atoms with Crippen molar-refractivity contribution in [3.8, 4) is 0 Å². The summed E-state index contributed by atoms with van der Waals surface area (Å²) >= 11 is 6.34. The number of hydrogen-bond acceptors (Lipinski definition) is 6. The lowest BCUT2D eigenvalue weighted by atomic mass is 9.99. The number of fused-ring (bicyclic) bond motifs is 3. The van der Waals surface area contributed by atoms with E-state index in [1.54, 1.807) is 37.2 Å². The number of hydrogen-bond donors (Lipinski definition) is 3. The second kappa shape index (κ2) is 10.5. The summed E-state index contributed by atoms with van der Waals surface area (Å²) in [5.41, 5.74) is 1.09. The zero-order chi connectivity index (χ0) is 28.1. The zero-order valence-corrected chi connectivity index (χ0v) is 24.0. The molecule has 5 rings (SSSR count). The van der Waals surface area contributed by atoms with E-state index < -0.39 is 21.9 Å². The summed E-state index contributed by atoms with van der Waals surface area (Å²) in [7, 11) is -3.67. The molecule has 4 aliphatic heterocycles. The highest BCUT2D eigenvalue weighted by molar-refractivity contribution is 7.86. The molecule has 3 fully saturated rings. The van der Waals surface area contributed by atoms with Gasteiger partial charge in [-0.3, -0.25) is 9.59 Å². The van der Waals surface area contributed by atoms with Gasteiger partial charge in [-0.1, -0.05) is 11.6 Å². The van der Waals surface area contributed by atoms with Gasteiger partial charge in [0.25, 0.3) is 16.1 Å². The van der Waals surface area contributed by atoms with Gasteiger partial charge in [-0.15, -0.1) is 0 Å². The van der Waals surface area contributed by atoms with Crippen LogP contribution in [0, 0.1) is 0 Å². The van der Waals surface area contributed by atoms with Crippen LogP contribution in [0.5, 0.6) is 0 Å². The molecule has 0 aliphatic carbocycles. The summed E-state index contributed by atoms with van der Waals surface area (Å²) in [5.74, 6) is -0.449. The molecular formula is C26H36ClN5O6S. The Morgan fingerprint density at radius 1 is 1.03 bits per heavy atom. The Kier molecular flexibility index (Phi) is 7.60. The number of alkyl carbamates (subject to hydrolysis) is 1. The van der Waals surface area contributed by atoms with E-state index in [1.165, 1.54) is 4.31 Å². The minimum absolute atomic E-state index is 0.132. The number of halogens is 1. The average Bonchev–Trinajstić information content (AvgIpc) is 3.33. The van der Waals surface area contributed by atoms with Crippen LogP contribution in [-0.4, -0.2) is 77.8 Å². The molecular weight excluding hydrogens is 546 g/mol. The van der Waals surface area contributed by atoms with Crippen molar-refractivity contribution >= 4 is 45.4 Å². The maximum atomic E-state index is 13.6. The van der Waals surface area contributed by atoms with E-state index in [9.17, 15) is 22.8 Å². The number of piperidine rings is 2. The molecule has 11 nitrogen and oxygen atoms in total. The van der Waals surface area contributed by atoms with Crippen molar-refractivity contribution in [1.29, 1.82) is 0 Å². The first kappa shape index (κ1) is 28.1. The fourth-order valence-corrected chi connectivity index (χ4v) is 8.48. The third-order valence-corrected chi connectivity index (χ3v) is 10.3. The van der Waals surface area contributed by atoms with Crippen LogP contribution in [0.3, 0.4) is 0 Å². The average molecular weight is 582 g/mol. The summed E-state index contributed by atoms with van der Waals surface area (Å²) < 4.78 is 35.8. The maximum Gasteiger partial charge on any atom is 0.407 e. The molecule has 2 bridgehead atoms. The second-order valence-electron chi connectivity index (χ2n) is 11.9. The zero-order valence-electron chi connectivity index (χ0n) is 22.5. The van der Waals surface area contributed by atoms with Crippen LogP contribution in [0.15, 0.2) is 12.1 Å². The van der Waals surface area contributed by atoms with Gasteiger partial charge in [0.05, 0.1) is 17.0 Å². The molecule has 39 heavy (non-hydrogen) atoms. The molecule has 214 valence electrons. The molecule has 4 heterocycles. The Morgan fingerprint density at radius 2 is 1.67 bits per heavy atom. The molecule has 3 N–H and O–H groups in total. The quantitative estimate of drug-likeness (QED) is 0.489. The van der Waals surface area contributed by atoms with Crippen molar-refractivity contribution in [1.82, 2.24) is 19.2 Å². The number of carbonyl (C=O) groups excluding carboxylic acids is 3. The first-order chi connectivity index (χ1) is 18.3. The smallest absolute Gasteiger partial charge is 0.407 e. The van der Waals surface area contributed by atoms with Gasteiger partial charge in [0, 0.05) is 42.9 Å². The summed E-state index contributed by atoms with van der Waals surface area (Å²) in [6.07, 6.45) is 3.31. The number of carbonyl (C=O) groups is 3.